The second kappa shape index (κ2) is 7.22. The zero-order valence-electron chi connectivity index (χ0n) is 10.1. The number of hydrogen-bond donors (Lipinski definition) is 3. The summed E-state index contributed by atoms with van der Waals surface area (Å²) in [7, 11) is 0. The smallest absolute Gasteiger partial charge is 0.326 e. The molecule has 100 valence electrons. The third kappa shape index (κ3) is 4.92. The van der Waals surface area contributed by atoms with E-state index < -0.39 is 18.0 Å². The molecule has 2 amide bonds. The Morgan fingerprint density at radius 1 is 1.61 bits per heavy atom. The molecule has 0 spiro atoms. The Morgan fingerprint density at radius 3 is 2.83 bits per heavy atom. The Labute approximate surface area is 113 Å². The van der Waals surface area contributed by atoms with Crippen molar-refractivity contribution in [2.75, 3.05) is 17.3 Å². The summed E-state index contributed by atoms with van der Waals surface area (Å²) in [6, 6.07) is -1.42. The van der Waals surface area contributed by atoms with E-state index in [0.717, 1.165) is 4.88 Å². The zero-order valence-corrected chi connectivity index (χ0v) is 11.7. The fourth-order valence-electron chi connectivity index (χ4n) is 1.20. The molecule has 6 nitrogen and oxygen atoms in total. The number of nitrogens with one attached hydrogen (secondary N) is 2. The van der Waals surface area contributed by atoms with Gasteiger partial charge >= 0.3 is 12.0 Å². The largest absolute Gasteiger partial charge is 0.480 e. The van der Waals surface area contributed by atoms with Gasteiger partial charge in [-0.1, -0.05) is 0 Å². The molecule has 1 aromatic heterocycles. The Hall–Kier alpha value is -1.28. The maximum Gasteiger partial charge on any atom is 0.326 e. The monoisotopic (exact) mass is 289 g/mol. The summed E-state index contributed by atoms with van der Waals surface area (Å²) in [5.74, 6) is -0.359. The number of aliphatic carboxylic acids is 1. The number of carbonyl (C=O) groups excluding carboxylic acids is 1. The first-order chi connectivity index (χ1) is 8.52. The number of aryl methyl sites for hydroxylation is 1. The van der Waals surface area contributed by atoms with Gasteiger partial charge in [0.05, 0.1) is 0 Å². The van der Waals surface area contributed by atoms with Gasteiger partial charge in [-0.3, -0.25) is 5.32 Å². The Kier molecular flexibility index (Phi) is 5.93. The molecule has 1 rings (SSSR count). The van der Waals surface area contributed by atoms with E-state index in [9.17, 15) is 9.59 Å². The van der Waals surface area contributed by atoms with Crippen molar-refractivity contribution in [2.24, 2.45) is 0 Å². The van der Waals surface area contributed by atoms with Gasteiger partial charge < -0.3 is 10.4 Å². The maximum absolute atomic E-state index is 11.6. The number of nitrogens with zero attached hydrogens (tertiary/aromatic N) is 1. The van der Waals surface area contributed by atoms with Gasteiger partial charge in [-0.05, 0) is 25.4 Å². The van der Waals surface area contributed by atoms with Gasteiger partial charge in [-0.25, -0.2) is 14.6 Å². The number of hydrogen-bond acceptors (Lipinski definition) is 5. The summed E-state index contributed by atoms with van der Waals surface area (Å²) in [6.45, 7) is 1.87. The van der Waals surface area contributed by atoms with Gasteiger partial charge in [-0.15, -0.1) is 11.3 Å². The first-order valence-corrected chi connectivity index (χ1v) is 7.45. The minimum atomic E-state index is -1.03. The van der Waals surface area contributed by atoms with Gasteiger partial charge in [0, 0.05) is 11.1 Å². The van der Waals surface area contributed by atoms with Crippen LogP contribution < -0.4 is 10.6 Å². The molecule has 18 heavy (non-hydrogen) atoms. The first-order valence-electron chi connectivity index (χ1n) is 5.24. The van der Waals surface area contributed by atoms with E-state index in [-0.39, 0.29) is 0 Å². The van der Waals surface area contributed by atoms with Gasteiger partial charge in [0.25, 0.3) is 0 Å². The summed E-state index contributed by atoms with van der Waals surface area (Å²) >= 11 is 2.87. The molecule has 0 aliphatic heterocycles. The normalized spacial score (nSPS) is 11.9. The number of thiazole rings is 1. The van der Waals surface area contributed by atoms with Gasteiger partial charge in [0.2, 0.25) is 0 Å². The van der Waals surface area contributed by atoms with Crippen molar-refractivity contribution in [2.45, 2.75) is 19.4 Å². The molecule has 0 bridgehead atoms. The van der Waals surface area contributed by atoms with Crippen LogP contribution in [0.5, 0.6) is 0 Å². The number of carbonyl (C=O) groups is 2. The zero-order chi connectivity index (χ0) is 13.5. The topological polar surface area (TPSA) is 91.3 Å². The van der Waals surface area contributed by atoms with Crippen molar-refractivity contribution < 1.29 is 14.7 Å². The van der Waals surface area contributed by atoms with Crippen LogP contribution in [0.3, 0.4) is 0 Å². The number of thioether (sulfide) groups is 1. The van der Waals surface area contributed by atoms with Crippen LogP contribution in [0.15, 0.2) is 6.20 Å². The fourth-order valence-corrected chi connectivity index (χ4v) is 2.33. The standard InChI is InChI=1S/C10H15N3O3S2/c1-6-5-11-10(18-6)13-9(16)12-7(8(14)15)3-4-17-2/h5,7H,3-4H2,1-2H3,(H,14,15)(H2,11,12,13,16). The predicted octanol–water partition coefficient (Wildman–Crippen LogP) is 1.78. The SMILES string of the molecule is CSCCC(NC(=O)Nc1ncc(C)s1)C(=O)O. The highest BCUT2D eigenvalue weighted by molar-refractivity contribution is 7.98. The molecule has 0 fully saturated rings. The summed E-state index contributed by atoms with van der Waals surface area (Å²) in [6.07, 6.45) is 3.92. The summed E-state index contributed by atoms with van der Waals surface area (Å²) < 4.78 is 0. The molecule has 1 aromatic rings. The molecular formula is C10H15N3O3S2. The number of aromatic nitrogens is 1. The first kappa shape index (κ1) is 14.8. The van der Waals surface area contributed by atoms with E-state index in [1.807, 2.05) is 13.2 Å². The molecular weight excluding hydrogens is 274 g/mol. The van der Waals surface area contributed by atoms with Crippen LogP contribution in [0.25, 0.3) is 0 Å². The molecule has 8 heteroatoms. The molecule has 1 unspecified atom stereocenters. The van der Waals surface area contributed by atoms with E-state index in [1.54, 1.807) is 6.20 Å². The van der Waals surface area contributed by atoms with Crippen molar-refractivity contribution >= 4 is 40.2 Å². The lowest BCUT2D eigenvalue weighted by molar-refractivity contribution is -0.139. The molecule has 0 saturated heterocycles. The molecule has 0 aromatic carbocycles. The van der Waals surface area contributed by atoms with E-state index in [2.05, 4.69) is 15.6 Å². The molecule has 3 N–H and O–H groups in total. The van der Waals surface area contributed by atoms with Crippen molar-refractivity contribution in [1.29, 1.82) is 0 Å². The number of amides is 2. The van der Waals surface area contributed by atoms with E-state index in [1.165, 1.54) is 23.1 Å². The molecule has 1 atom stereocenters. The number of carboxylic acid groups (broad SMARTS) is 1. The highest BCUT2D eigenvalue weighted by Crippen LogP contribution is 2.16. The Bertz CT molecular complexity index is 422. The second-order valence-electron chi connectivity index (χ2n) is 3.55. The molecule has 0 aliphatic rings. The Morgan fingerprint density at radius 2 is 2.33 bits per heavy atom. The van der Waals surface area contributed by atoms with Crippen molar-refractivity contribution in [1.82, 2.24) is 10.3 Å². The third-order valence-corrected chi connectivity index (χ3v) is 3.53. The molecule has 0 aliphatic carbocycles. The predicted molar refractivity (Wildman–Crippen MR) is 73.4 cm³/mol. The quantitative estimate of drug-likeness (QED) is 0.742. The maximum atomic E-state index is 11.6. The van der Waals surface area contributed by atoms with Gasteiger partial charge in [0.15, 0.2) is 5.13 Å². The lowest BCUT2D eigenvalue weighted by atomic mass is 10.2. The Balaban J connectivity index is 2.48. The second-order valence-corrected chi connectivity index (χ2v) is 5.77. The molecule has 1 heterocycles. The van der Waals surface area contributed by atoms with Crippen LogP contribution >= 0.6 is 23.1 Å². The van der Waals surface area contributed by atoms with Crippen molar-refractivity contribution in [3.8, 4) is 0 Å². The third-order valence-electron chi connectivity index (χ3n) is 2.06. The van der Waals surface area contributed by atoms with Crippen LogP contribution in [0.4, 0.5) is 9.93 Å². The van der Waals surface area contributed by atoms with Gasteiger partial charge in [0.1, 0.15) is 6.04 Å². The number of carboxylic acids is 1. The molecule has 0 saturated carbocycles. The van der Waals surface area contributed by atoms with Crippen LogP contribution in [-0.2, 0) is 4.79 Å². The lowest BCUT2D eigenvalue weighted by Gasteiger charge is -2.13. The van der Waals surface area contributed by atoms with Crippen molar-refractivity contribution in [3.63, 3.8) is 0 Å². The summed E-state index contributed by atoms with van der Waals surface area (Å²) in [4.78, 5) is 27.4. The van der Waals surface area contributed by atoms with Crippen LogP contribution in [0.1, 0.15) is 11.3 Å². The van der Waals surface area contributed by atoms with Gasteiger partial charge in [-0.2, -0.15) is 11.8 Å². The lowest BCUT2D eigenvalue weighted by Crippen LogP contribution is -2.43. The highest BCUT2D eigenvalue weighted by Gasteiger charge is 2.19. The summed E-state index contributed by atoms with van der Waals surface area (Å²) in [5.41, 5.74) is 0. The van der Waals surface area contributed by atoms with E-state index >= 15 is 0 Å². The molecule has 0 radical (unpaired) electrons. The number of urea groups is 1. The number of rotatable bonds is 6. The van der Waals surface area contributed by atoms with E-state index in [0.29, 0.717) is 17.3 Å². The number of anilines is 1. The minimum Gasteiger partial charge on any atom is -0.480 e. The highest BCUT2D eigenvalue weighted by atomic mass is 32.2. The van der Waals surface area contributed by atoms with Crippen LogP contribution in [-0.4, -0.2) is 40.1 Å². The van der Waals surface area contributed by atoms with Crippen LogP contribution in [0, 0.1) is 6.92 Å². The van der Waals surface area contributed by atoms with Crippen LogP contribution in [0.2, 0.25) is 0 Å². The average Bonchev–Trinajstić information content (AvgIpc) is 2.69. The minimum absolute atomic E-state index is 0.390. The average molecular weight is 289 g/mol. The van der Waals surface area contributed by atoms with Crippen molar-refractivity contribution in [3.05, 3.63) is 11.1 Å². The fraction of sp³-hybridized carbons (Fsp3) is 0.500. The summed E-state index contributed by atoms with van der Waals surface area (Å²) in [5, 5.41) is 14.3. The van der Waals surface area contributed by atoms with E-state index in [4.69, 9.17) is 5.11 Å².